The molecule has 102 valence electrons. The molecule has 0 N–H and O–H groups in total. The van der Waals surface area contributed by atoms with Crippen molar-refractivity contribution >= 4 is 5.78 Å². The Bertz CT molecular complexity index is 622. The van der Waals surface area contributed by atoms with Crippen LogP contribution in [0.25, 0.3) is 11.3 Å². The Kier molecular flexibility index (Phi) is 3.50. The van der Waals surface area contributed by atoms with Gasteiger partial charge < -0.3 is 4.74 Å². The van der Waals surface area contributed by atoms with E-state index >= 15 is 0 Å². The molecule has 1 saturated carbocycles. The molecule has 1 heterocycles. The summed E-state index contributed by atoms with van der Waals surface area (Å²) in [6, 6.07) is 11.9. The third-order valence-electron chi connectivity index (χ3n) is 3.89. The summed E-state index contributed by atoms with van der Waals surface area (Å²) in [4.78, 5) is 16.0. The van der Waals surface area contributed by atoms with Crippen molar-refractivity contribution in [1.82, 2.24) is 4.98 Å². The Balaban J connectivity index is 2.07. The highest BCUT2D eigenvalue weighted by Crippen LogP contribution is 2.38. The second-order valence-corrected chi connectivity index (χ2v) is 5.15. The molecular formula is C17H17NO2. The minimum Gasteiger partial charge on any atom is -0.497 e. The van der Waals surface area contributed by atoms with Crippen molar-refractivity contribution in [3.63, 3.8) is 0 Å². The van der Waals surface area contributed by atoms with E-state index in [1.54, 1.807) is 13.3 Å². The van der Waals surface area contributed by atoms with Crippen LogP contribution in [0.5, 0.6) is 5.75 Å². The van der Waals surface area contributed by atoms with Crippen molar-refractivity contribution in [2.75, 3.05) is 7.11 Å². The highest BCUT2D eigenvalue weighted by Gasteiger charge is 2.26. The van der Waals surface area contributed by atoms with Crippen LogP contribution in [-0.2, 0) is 4.79 Å². The first-order valence-corrected chi connectivity index (χ1v) is 6.89. The summed E-state index contributed by atoms with van der Waals surface area (Å²) >= 11 is 0. The second kappa shape index (κ2) is 5.45. The van der Waals surface area contributed by atoms with Crippen LogP contribution < -0.4 is 4.74 Å². The van der Waals surface area contributed by atoms with Gasteiger partial charge in [-0.25, -0.2) is 0 Å². The van der Waals surface area contributed by atoms with E-state index in [1.165, 1.54) is 5.56 Å². The van der Waals surface area contributed by atoms with Gasteiger partial charge in [0.15, 0.2) is 0 Å². The van der Waals surface area contributed by atoms with Crippen molar-refractivity contribution in [3.8, 4) is 17.0 Å². The van der Waals surface area contributed by atoms with E-state index in [9.17, 15) is 4.79 Å². The predicted octanol–water partition coefficient (Wildman–Crippen LogP) is 3.59. The third-order valence-corrected chi connectivity index (χ3v) is 3.89. The van der Waals surface area contributed by atoms with Crippen molar-refractivity contribution < 1.29 is 9.53 Å². The minimum absolute atomic E-state index is 0.311. The summed E-state index contributed by atoms with van der Waals surface area (Å²) in [5, 5.41) is 0. The van der Waals surface area contributed by atoms with E-state index < -0.39 is 0 Å². The Morgan fingerprint density at radius 2 is 2.15 bits per heavy atom. The lowest BCUT2D eigenvalue weighted by Gasteiger charge is -2.15. The van der Waals surface area contributed by atoms with Gasteiger partial charge in [-0.2, -0.15) is 0 Å². The number of methoxy groups -OCH3 is 1. The van der Waals surface area contributed by atoms with Gasteiger partial charge in [0.25, 0.3) is 0 Å². The molecule has 0 saturated heterocycles. The number of rotatable bonds is 3. The SMILES string of the molecule is COc1ccc(C2CCC(=O)C2)c(-c2ccccn2)c1. The van der Waals surface area contributed by atoms with Crippen molar-refractivity contribution in [2.45, 2.75) is 25.2 Å². The Hall–Kier alpha value is -2.16. The molecule has 1 atom stereocenters. The van der Waals surface area contributed by atoms with Gasteiger partial charge in [-0.3, -0.25) is 9.78 Å². The van der Waals surface area contributed by atoms with Gasteiger partial charge in [0.05, 0.1) is 12.8 Å². The standard InChI is InChI=1S/C17H17NO2/c1-20-14-7-8-15(12-5-6-13(19)10-12)16(11-14)17-4-2-3-9-18-17/h2-4,7-9,11-12H,5-6,10H2,1H3. The molecule has 1 aromatic carbocycles. The van der Waals surface area contributed by atoms with Gasteiger partial charge >= 0.3 is 0 Å². The lowest BCUT2D eigenvalue weighted by Crippen LogP contribution is -1.99. The fourth-order valence-corrected chi connectivity index (χ4v) is 2.84. The number of hydrogen-bond donors (Lipinski definition) is 0. The molecule has 3 heteroatoms. The summed E-state index contributed by atoms with van der Waals surface area (Å²) in [7, 11) is 1.66. The summed E-state index contributed by atoms with van der Waals surface area (Å²) in [5.74, 6) is 1.49. The third kappa shape index (κ3) is 2.44. The number of aromatic nitrogens is 1. The molecule has 0 aliphatic heterocycles. The molecule has 0 amide bonds. The Morgan fingerprint density at radius 3 is 2.80 bits per heavy atom. The fraction of sp³-hybridized carbons (Fsp3) is 0.294. The van der Waals surface area contributed by atoms with Crippen LogP contribution in [0.4, 0.5) is 0 Å². The molecule has 0 spiro atoms. The number of hydrogen-bond acceptors (Lipinski definition) is 3. The summed E-state index contributed by atoms with van der Waals surface area (Å²) in [5.41, 5.74) is 3.21. The number of pyridine rings is 1. The fourth-order valence-electron chi connectivity index (χ4n) is 2.84. The van der Waals surface area contributed by atoms with Crippen molar-refractivity contribution in [1.29, 1.82) is 0 Å². The number of ether oxygens (including phenoxy) is 1. The lowest BCUT2D eigenvalue weighted by molar-refractivity contribution is -0.117. The number of benzene rings is 1. The molecule has 3 nitrogen and oxygen atoms in total. The van der Waals surface area contributed by atoms with Crippen molar-refractivity contribution in [2.24, 2.45) is 0 Å². The van der Waals surface area contributed by atoms with Gasteiger partial charge in [-0.1, -0.05) is 12.1 Å². The van der Waals surface area contributed by atoms with Gasteiger partial charge in [0.1, 0.15) is 11.5 Å². The van der Waals surface area contributed by atoms with E-state index in [2.05, 4.69) is 11.1 Å². The number of ketones is 1. The maximum Gasteiger partial charge on any atom is 0.133 e. The smallest absolute Gasteiger partial charge is 0.133 e. The van der Waals surface area contributed by atoms with E-state index in [1.807, 2.05) is 30.3 Å². The Labute approximate surface area is 118 Å². The average Bonchev–Trinajstić information content (AvgIpc) is 2.94. The van der Waals surface area contributed by atoms with E-state index in [4.69, 9.17) is 4.74 Å². The highest BCUT2D eigenvalue weighted by molar-refractivity contribution is 5.82. The molecule has 3 rings (SSSR count). The average molecular weight is 267 g/mol. The zero-order chi connectivity index (χ0) is 13.9. The van der Waals surface area contributed by atoms with Crippen LogP contribution in [0.3, 0.4) is 0 Å². The van der Waals surface area contributed by atoms with Crippen LogP contribution in [0.1, 0.15) is 30.7 Å². The molecule has 1 unspecified atom stereocenters. The molecule has 1 aliphatic carbocycles. The van der Waals surface area contributed by atoms with Gasteiger partial charge in [-0.15, -0.1) is 0 Å². The van der Waals surface area contributed by atoms with Crippen LogP contribution in [-0.4, -0.2) is 17.9 Å². The van der Waals surface area contributed by atoms with E-state index in [0.717, 1.165) is 23.4 Å². The van der Waals surface area contributed by atoms with Gasteiger partial charge in [0.2, 0.25) is 0 Å². The zero-order valence-electron chi connectivity index (χ0n) is 11.5. The molecule has 1 fully saturated rings. The van der Waals surface area contributed by atoms with Crippen LogP contribution >= 0.6 is 0 Å². The minimum atomic E-state index is 0.311. The van der Waals surface area contributed by atoms with E-state index in [-0.39, 0.29) is 0 Å². The first-order chi connectivity index (χ1) is 9.78. The highest BCUT2D eigenvalue weighted by atomic mass is 16.5. The lowest BCUT2D eigenvalue weighted by atomic mass is 9.91. The number of carbonyl (C=O) groups is 1. The van der Waals surface area contributed by atoms with Crippen LogP contribution in [0.2, 0.25) is 0 Å². The van der Waals surface area contributed by atoms with Crippen molar-refractivity contribution in [3.05, 3.63) is 48.2 Å². The predicted molar refractivity (Wildman–Crippen MR) is 77.8 cm³/mol. The maximum absolute atomic E-state index is 11.6. The van der Waals surface area contributed by atoms with E-state index in [0.29, 0.717) is 24.5 Å². The second-order valence-electron chi connectivity index (χ2n) is 5.15. The first-order valence-electron chi connectivity index (χ1n) is 6.89. The normalized spacial score (nSPS) is 18.2. The Morgan fingerprint density at radius 1 is 1.25 bits per heavy atom. The molecule has 1 aliphatic rings. The molecule has 0 radical (unpaired) electrons. The summed E-state index contributed by atoms with van der Waals surface area (Å²) < 4.78 is 5.32. The number of Topliss-reactive ketones (excluding diaryl/α,β-unsaturated/α-hetero) is 1. The molecule has 1 aromatic heterocycles. The van der Waals surface area contributed by atoms with Crippen LogP contribution in [0.15, 0.2) is 42.6 Å². The number of nitrogens with zero attached hydrogens (tertiary/aromatic N) is 1. The maximum atomic E-state index is 11.6. The van der Waals surface area contributed by atoms with Gasteiger partial charge in [0, 0.05) is 24.6 Å². The van der Waals surface area contributed by atoms with Crippen LogP contribution in [0, 0.1) is 0 Å². The number of carbonyl (C=O) groups excluding carboxylic acids is 1. The topological polar surface area (TPSA) is 39.2 Å². The quantitative estimate of drug-likeness (QED) is 0.853. The van der Waals surface area contributed by atoms with Gasteiger partial charge in [-0.05, 0) is 42.2 Å². The summed E-state index contributed by atoms with van der Waals surface area (Å²) in [6.45, 7) is 0. The molecule has 0 bridgehead atoms. The summed E-state index contributed by atoms with van der Waals surface area (Å²) in [6.07, 6.45) is 4.06. The monoisotopic (exact) mass is 267 g/mol. The molecular weight excluding hydrogens is 250 g/mol. The zero-order valence-corrected chi connectivity index (χ0v) is 11.5. The molecule has 2 aromatic rings. The largest absolute Gasteiger partial charge is 0.497 e. The first kappa shape index (κ1) is 12.9. The molecule has 20 heavy (non-hydrogen) atoms.